The maximum Gasteiger partial charge on any atom is 0.0595 e. The molecule has 0 bridgehead atoms. The van der Waals surface area contributed by atoms with Crippen molar-refractivity contribution >= 4 is 35.6 Å². The van der Waals surface area contributed by atoms with Gasteiger partial charge in [-0.2, -0.15) is 0 Å². The van der Waals surface area contributed by atoms with Crippen LogP contribution in [0.25, 0.3) is 0 Å². The molecule has 0 spiro atoms. The quantitative estimate of drug-likeness (QED) is 0.535. The van der Waals surface area contributed by atoms with Crippen molar-refractivity contribution in [3.8, 4) is 0 Å². The molecule has 1 aliphatic heterocycles. The highest BCUT2D eigenvalue weighted by molar-refractivity contribution is 6.42. The van der Waals surface area contributed by atoms with Crippen LogP contribution < -0.4 is 5.32 Å². The van der Waals surface area contributed by atoms with E-state index in [2.05, 4.69) is 46.6 Å². The number of likely N-dealkylation sites (N-methyl/N-ethyl adjacent to an activating group) is 1. The fourth-order valence-corrected chi connectivity index (χ4v) is 4.41. The zero-order valence-corrected chi connectivity index (χ0v) is 18.9. The minimum Gasteiger partial charge on any atom is -0.319 e. The third kappa shape index (κ3) is 6.93. The van der Waals surface area contributed by atoms with Gasteiger partial charge in [-0.15, -0.1) is 12.4 Å². The Labute approximate surface area is 186 Å². The molecule has 1 unspecified atom stereocenters. The molecule has 2 aromatic rings. The van der Waals surface area contributed by atoms with Gasteiger partial charge in [0.1, 0.15) is 0 Å². The molecule has 1 saturated heterocycles. The van der Waals surface area contributed by atoms with Crippen molar-refractivity contribution in [3.05, 3.63) is 69.7 Å². The van der Waals surface area contributed by atoms with Gasteiger partial charge >= 0.3 is 0 Å². The van der Waals surface area contributed by atoms with E-state index in [9.17, 15) is 0 Å². The summed E-state index contributed by atoms with van der Waals surface area (Å²) in [5.41, 5.74) is 2.75. The zero-order chi connectivity index (χ0) is 19.1. The van der Waals surface area contributed by atoms with E-state index < -0.39 is 0 Å². The summed E-state index contributed by atoms with van der Waals surface area (Å²) >= 11 is 12.3. The number of piperidine rings is 1. The Hall–Kier alpha value is -0.770. The Morgan fingerprint density at radius 1 is 1.04 bits per heavy atom. The predicted octanol–water partition coefficient (Wildman–Crippen LogP) is 6.06. The molecule has 154 valence electrons. The van der Waals surface area contributed by atoms with Crippen LogP contribution in [0, 0.1) is 5.92 Å². The highest BCUT2D eigenvalue weighted by Gasteiger charge is 2.21. The number of halogens is 3. The van der Waals surface area contributed by atoms with E-state index in [1.165, 1.54) is 43.5 Å². The molecule has 3 rings (SSSR count). The summed E-state index contributed by atoms with van der Waals surface area (Å²) in [6, 6.07) is 17.0. The standard InChI is InChI=1S/C23H30Cl2N2.ClH/c1-26-17-21(20-7-8-22(24)23(25)16-20)11-14-27-12-9-19(10-13-27)15-18-5-3-2-4-6-18;/h2-8,16,19,21,26H,9-15,17H2,1H3;1H. The number of hydrogen-bond donors (Lipinski definition) is 1. The summed E-state index contributed by atoms with van der Waals surface area (Å²) in [7, 11) is 2.01. The van der Waals surface area contributed by atoms with Crippen LogP contribution >= 0.6 is 35.6 Å². The summed E-state index contributed by atoms with van der Waals surface area (Å²) in [5, 5.41) is 4.61. The molecule has 1 heterocycles. The summed E-state index contributed by atoms with van der Waals surface area (Å²) in [6.07, 6.45) is 4.97. The molecule has 2 nitrogen and oxygen atoms in total. The van der Waals surface area contributed by atoms with E-state index >= 15 is 0 Å². The monoisotopic (exact) mass is 440 g/mol. The van der Waals surface area contributed by atoms with Gasteiger partial charge in [-0.05, 0) is 87.5 Å². The van der Waals surface area contributed by atoms with Crippen LogP contribution in [-0.2, 0) is 6.42 Å². The molecule has 1 aliphatic rings. The summed E-state index contributed by atoms with van der Waals surface area (Å²) < 4.78 is 0. The van der Waals surface area contributed by atoms with E-state index in [1.54, 1.807) is 0 Å². The molecular formula is C23H31Cl3N2. The number of nitrogens with one attached hydrogen (secondary N) is 1. The second-order valence-corrected chi connectivity index (χ2v) is 8.51. The van der Waals surface area contributed by atoms with Gasteiger partial charge in [0.15, 0.2) is 0 Å². The van der Waals surface area contributed by atoms with Gasteiger partial charge in [0.25, 0.3) is 0 Å². The van der Waals surface area contributed by atoms with Gasteiger partial charge in [-0.1, -0.05) is 59.6 Å². The minimum atomic E-state index is 0. The van der Waals surface area contributed by atoms with Crippen LogP contribution in [0.5, 0.6) is 0 Å². The summed E-state index contributed by atoms with van der Waals surface area (Å²) in [4.78, 5) is 2.63. The molecule has 0 radical (unpaired) electrons. The van der Waals surface area contributed by atoms with Crippen LogP contribution in [0.3, 0.4) is 0 Å². The van der Waals surface area contributed by atoms with E-state index in [4.69, 9.17) is 23.2 Å². The Balaban J connectivity index is 0.00000280. The molecule has 0 aliphatic carbocycles. The third-order valence-corrected chi connectivity index (χ3v) is 6.47. The second-order valence-electron chi connectivity index (χ2n) is 7.69. The predicted molar refractivity (Wildman–Crippen MR) is 124 cm³/mol. The van der Waals surface area contributed by atoms with E-state index in [0.717, 1.165) is 25.4 Å². The van der Waals surface area contributed by atoms with Crippen molar-refractivity contribution < 1.29 is 0 Å². The number of benzene rings is 2. The molecule has 0 amide bonds. The second kappa shape index (κ2) is 12.0. The molecule has 1 N–H and O–H groups in total. The number of rotatable bonds is 8. The van der Waals surface area contributed by atoms with Crippen LogP contribution in [0.4, 0.5) is 0 Å². The largest absolute Gasteiger partial charge is 0.319 e. The maximum atomic E-state index is 6.23. The molecule has 5 heteroatoms. The lowest BCUT2D eigenvalue weighted by Gasteiger charge is -2.33. The molecule has 1 fully saturated rings. The lowest BCUT2D eigenvalue weighted by atomic mass is 9.89. The van der Waals surface area contributed by atoms with Crippen LogP contribution in [0.15, 0.2) is 48.5 Å². The number of hydrogen-bond acceptors (Lipinski definition) is 2. The number of nitrogens with zero attached hydrogens (tertiary/aromatic N) is 1. The zero-order valence-electron chi connectivity index (χ0n) is 16.5. The first kappa shape index (κ1) is 23.5. The van der Waals surface area contributed by atoms with E-state index in [0.29, 0.717) is 16.0 Å². The minimum absolute atomic E-state index is 0. The van der Waals surface area contributed by atoms with Gasteiger partial charge in [0.2, 0.25) is 0 Å². The van der Waals surface area contributed by atoms with Crippen molar-refractivity contribution in [2.45, 2.75) is 31.6 Å². The number of likely N-dealkylation sites (tertiary alicyclic amines) is 1. The van der Waals surface area contributed by atoms with Crippen LogP contribution in [-0.4, -0.2) is 38.1 Å². The molecule has 1 atom stereocenters. The Morgan fingerprint density at radius 3 is 2.39 bits per heavy atom. The van der Waals surface area contributed by atoms with Crippen LogP contribution in [0.1, 0.15) is 36.3 Å². The van der Waals surface area contributed by atoms with Crippen molar-refractivity contribution in [2.75, 3.05) is 33.2 Å². The lowest BCUT2D eigenvalue weighted by molar-refractivity contribution is 0.178. The lowest BCUT2D eigenvalue weighted by Crippen LogP contribution is -2.36. The molecule has 2 aromatic carbocycles. The highest BCUT2D eigenvalue weighted by Crippen LogP contribution is 2.29. The van der Waals surface area contributed by atoms with Crippen LogP contribution in [0.2, 0.25) is 10.0 Å². The van der Waals surface area contributed by atoms with Crippen molar-refractivity contribution in [3.63, 3.8) is 0 Å². The maximum absolute atomic E-state index is 6.23. The van der Waals surface area contributed by atoms with Crippen molar-refractivity contribution in [1.29, 1.82) is 0 Å². The first-order valence-electron chi connectivity index (χ1n) is 10.0. The Bertz CT molecular complexity index is 700. The van der Waals surface area contributed by atoms with Gasteiger partial charge in [-0.3, -0.25) is 0 Å². The first-order valence-corrected chi connectivity index (χ1v) is 10.8. The topological polar surface area (TPSA) is 15.3 Å². The van der Waals surface area contributed by atoms with Gasteiger partial charge in [-0.25, -0.2) is 0 Å². The van der Waals surface area contributed by atoms with Gasteiger partial charge < -0.3 is 10.2 Å². The summed E-state index contributed by atoms with van der Waals surface area (Å²) in [6.45, 7) is 4.53. The smallest absolute Gasteiger partial charge is 0.0595 e. The SMILES string of the molecule is CNCC(CCN1CCC(Cc2ccccc2)CC1)c1ccc(Cl)c(Cl)c1.Cl. The molecule has 28 heavy (non-hydrogen) atoms. The van der Waals surface area contributed by atoms with Crippen molar-refractivity contribution in [2.24, 2.45) is 5.92 Å². The normalized spacial score (nSPS) is 16.5. The summed E-state index contributed by atoms with van der Waals surface area (Å²) in [5.74, 6) is 1.29. The van der Waals surface area contributed by atoms with Crippen molar-refractivity contribution in [1.82, 2.24) is 10.2 Å². The first-order chi connectivity index (χ1) is 13.2. The van der Waals surface area contributed by atoms with Gasteiger partial charge in [0, 0.05) is 6.54 Å². The average Bonchev–Trinajstić information content (AvgIpc) is 2.69. The molecule has 0 saturated carbocycles. The Kier molecular flexibility index (Phi) is 10.1. The fourth-order valence-electron chi connectivity index (χ4n) is 4.10. The third-order valence-electron chi connectivity index (χ3n) is 5.73. The Morgan fingerprint density at radius 2 is 1.75 bits per heavy atom. The molecular weight excluding hydrogens is 411 g/mol. The average molecular weight is 442 g/mol. The van der Waals surface area contributed by atoms with E-state index in [-0.39, 0.29) is 12.4 Å². The fraction of sp³-hybridized carbons (Fsp3) is 0.478. The highest BCUT2D eigenvalue weighted by atomic mass is 35.5. The van der Waals surface area contributed by atoms with E-state index in [1.807, 2.05) is 19.2 Å². The van der Waals surface area contributed by atoms with Gasteiger partial charge in [0.05, 0.1) is 10.0 Å². The molecule has 0 aromatic heterocycles.